The van der Waals surface area contributed by atoms with Gasteiger partial charge in [-0.15, -0.1) is 0 Å². The summed E-state index contributed by atoms with van der Waals surface area (Å²) in [6.45, 7) is 7.76. The number of hydrogen-bond acceptors (Lipinski definition) is 1. The summed E-state index contributed by atoms with van der Waals surface area (Å²) < 4.78 is 14.6. The Kier molecular flexibility index (Phi) is 4.11. The highest BCUT2D eigenvalue weighted by atomic mass is 19.1. The Bertz CT molecular complexity index is 870. The summed E-state index contributed by atoms with van der Waals surface area (Å²) in [5.41, 5.74) is 4.49. The van der Waals surface area contributed by atoms with Gasteiger partial charge in [0.05, 0.1) is 0 Å². The minimum Gasteiger partial charge on any atom is -0.361 e. The monoisotopic (exact) mass is 306 g/mol. The van der Waals surface area contributed by atoms with Crippen molar-refractivity contribution in [1.82, 2.24) is 4.98 Å². The lowest BCUT2D eigenvalue weighted by molar-refractivity contribution is 0.643. The van der Waals surface area contributed by atoms with Crippen LogP contribution in [0.3, 0.4) is 0 Å². The van der Waals surface area contributed by atoms with Crippen molar-refractivity contribution in [3.63, 3.8) is 0 Å². The van der Waals surface area contributed by atoms with Gasteiger partial charge in [0.25, 0.3) is 0 Å². The molecule has 116 valence electrons. The first-order valence-corrected chi connectivity index (χ1v) is 7.64. The van der Waals surface area contributed by atoms with E-state index in [0.29, 0.717) is 16.9 Å². The van der Waals surface area contributed by atoms with E-state index in [1.807, 2.05) is 36.4 Å². The molecule has 2 nitrogen and oxygen atoms in total. The number of aromatic amines is 1. The SMILES string of the molecule is C=N/C=C(/c1ccc(-c2ccc3[nH]ccc3c2F)cc1)C(C)C. The molecule has 1 aromatic heterocycles. The number of hydrogen-bond donors (Lipinski definition) is 1. The zero-order valence-corrected chi connectivity index (χ0v) is 13.3. The first-order chi connectivity index (χ1) is 11.1. The van der Waals surface area contributed by atoms with Crippen molar-refractivity contribution in [1.29, 1.82) is 0 Å². The Labute approximate surface area is 135 Å². The van der Waals surface area contributed by atoms with E-state index in [4.69, 9.17) is 0 Å². The maximum absolute atomic E-state index is 14.6. The van der Waals surface area contributed by atoms with E-state index in [-0.39, 0.29) is 5.82 Å². The van der Waals surface area contributed by atoms with Gasteiger partial charge < -0.3 is 4.98 Å². The van der Waals surface area contributed by atoms with Gasteiger partial charge in [0.2, 0.25) is 0 Å². The number of H-pyrrole nitrogens is 1. The van der Waals surface area contributed by atoms with Gasteiger partial charge in [0, 0.05) is 28.9 Å². The van der Waals surface area contributed by atoms with Crippen LogP contribution in [0.2, 0.25) is 0 Å². The van der Waals surface area contributed by atoms with Gasteiger partial charge in [0.1, 0.15) is 5.82 Å². The molecular formula is C20H19FN2. The molecule has 2 aromatic carbocycles. The fourth-order valence-corrected chi connectivity index (χ4v) is 2.82. The Hall–Kier alpha value is -2.68. The van der Waals surface area contributed by atoms with Crippen LogP contribution in [-0.2, 0) is 0 Å². The van der Waals surface area contributed by atoms with Crippen molar-refractivity contribution < 1.29 is 4.39 Å². The summed E-state index contributed by atoms with van der Waals surface area (Å²) in [6.07, 6.45) is 3.54. The minimum absolute atomic E-state index is 0.191. The number of rotatable bonds is 4. The van der Waals surface area contributed by atoms with E-state index < -0.39 is 0 Å². The zero-order chi connectivity index (χ0) is 16.4. The molecular weight excluding hydrogens is 287 g/mol. The van der Waals surface area contributed by atoms with E-state index in [0.717, 1.165) is 22.2 Å². The van der Waals surface area contributed by atoms with Crippen LogP contribution in [0.1, 0.15) is 19.4 Å². The molecule has 3 aromatic rings. The lowest BCUT2D eigenvalue weighted by Gasteiger charge is -2.12. The molecule has 0 aliphatic heterocycles. The molecule has 0 spiro atoms. The molecule has 0 radical (unpaired) electrons. The van der Waals surface area contributed by atoms with Crippen LogP contribution in [-0.4, -0.2) is 11.7 Å². The van der Waals surface area contributed by atoms with E-state index in [1.165, 1.54) is 0 Å². The Morgan fingerprint density at radius 2 is 1.87 bits per heavy atom. The molecule has 0 fully saturated rings. The first-order valence-electron chi connectivity index (χ1n) is 7.64. The lowest BCUT2D eigenvalue weighted by Crippen LogP contribution is -1.94. The molecule has 23 heavy (non-hydrogen) atoms. The number of nitrogens with zero attached hydrogens (tertiary/aromatic N) is 1. The lowest BCUT2D eigenvalue weighted by atomic mass is 9.94. The van der Waals surface area contributed by atoms with Crippen molar-refractivity contribution in [2.75, 3.05) is 0 Å². The zero-order valence-electron chi connectivity index (χ0n) is 13.3. The summed E-state index contributed by atoms with van der Waals surface area (Å²) in [5.74, 6) is 0.156. The standard InChI is InChI=1S/C20H19FN2/c1-13(2)18(12-22-3)15-6-4-14(5-7-15)16-8-9-19-17(20(16)21)10-11-23-19/h4-13,23H,3H2,1-2H3/b18-12+. The smallest absolute Gasteiger partial charge is 0.140 e. The Morgan fingerprint density at radius 1 is 1.13 bits per heavy atom. The molecule has 3 heteroatoms. The molecule has 0 atom stereocenters. The van der Waals surface area contributed by atoms with Gasteiger partial charge in [-0.3, -0.25) is 4.99 Å². The second-order valence-corrected chi connectivity index (χ2v) is 5.87. The molecule has 3 rings (SSSR count). The molecule has 0 amide bonds. The first kappa shape index (κ1) is 15.2. The highest BCUT2D eigenvalue weighted by molar-refractivity contribution is 5.86. The highest BCUT2D eigenvalue weighted by Crippen LogP contribution is 2.30. The van der Waals surface area contributed by atoms with Crippen LogP contribution in [0, 0.1) is 11.7 Å². The number of halogens is 1. The third kappa shape index (κ3) is 2.82. The number of allylic oxidation sites excluding steroid dienone is 1. The number of fused-ring (bicyclic) bond motifs is 1. The average Bonchev–Trinajstić information content (AvgIpc) is 3.03. The van der Waals surface area contributed by atoms with Crippen LogP contribution < -0.4 is 0 Å². The summed E-state index contributed by atoms with van der Waals surface area (Å²) in [7, 11) is 0. The van der Waals surface area contributed by atoms with Gasteiger partial charge in [-0.2, -0.15) is 0 Å². The van der Waals surface area contributed by atoms with Crippen molar-refractivity contribution in [3.05, 3.63) is 66.2 Å². The van der Waals surface area contributed by atoms with Crippen molar-refractivity contribution in [2.45, 2.75) is 13.8 Å². The normalized spacial score (nSPS) is 12.1. The predicted molar refractivity (Wildman–Crippen MR) is 96.1 cm³/mol. The Balaban J connectivity index is 2.02. The average molecular weight is 306 g/mol. The number of nitrogens with one attached hydrogen (secondary N) is 1. The fraction of sp³-hybridized carbons (Fsp3) is 0.150. The molecule has 1 heterocycles. The van der Waals surface area contributed by atoms with Gasteiger partial charge in [0.15, 0.2) is 0 Å². The molecule has 0 bridgehead atoms. The summed E-state index contributed by atoms with van der Waals surface area (Å²) >= 11 is 0. The third-order valence-electron chi connectivity index (χ3n) is 4.05. The number of aromatic nitrogens is 1. The molecule has 0 saturated heterocycles. The molecule has 0 saturated carbocycles. The molecule has 1 N–H and O–H groups in total. The van der Waals surface area contributed by atoms with Crippen molar-refractivity contribution in [3.8, 4) is 11.1 Å². The third-order valence-corrected chi connectivity index (χ3v) is 4.05. The van der Waals surface area contributed by atoms with Crippen LogP contribution in [0.25, 0.3) is 27.6 Å². The molecule has 0 aliphatic carbocycles. The summed E-state index contributed by atoms with van der Waals surface area (Å²) in [6, 6.07) is 13.4. The minimum atomic E-state index is -0.191. The highest BCUT2D eigenvalue weighted by Gasteiger charge is 2.11. The van der Waals surface area contributed by atoms with Gasteiger partial charge in [-0.25, -0.2) is 4.39 Å². The van der Waals surface area contributed by atoms with Crippen molar-refractivity contribution >= 4 is 23.2 Å². The maximum Gasteiger partial charge on any atom is 0.140 e. The maximum atomic E-state index is 14.6. The van der Waals surface area contributed by atoms with Crippen LogP contribution >= 0.6 is 0 Å². The van der Waals surface area contributed by atoms with Crippen LogP contribution in [0.15, 0.2) is 59.9 Å². The van der Waals surface area contributed by atoms with E-state index >= 15 is 0 Å². The predicted octanol–water partition coefficient (Wildman–Crippen LogP) is 5.67. The number of benzene rings is 2. The van der Waals surface area contributed by atoms with E-state index in [2.05, 4.69) is 30.5 Å². The quantitative estimate of drug-likeness (QED) is 0.601. The molecule has 0 unspecified atom stereocenters. The topological polar surface area (TPSA) is 28.1 Å². The van der Waals surface area contributed by atoms with E-state index in [1.54, 1.807) is 18.5 Å². The second-order valence-electron chi connectivity index (χ2n) is 5.87. The number of aliphatic imine (C=N–C) groups is 1. The van der Waals surface area contributed by atoms with Gasteiger partial charge in [-0.05, 0) is 47.5 Å². The van der Waals surface area contributed by atoms with Gasteiger partial charge >= 0.3 is 0 Å². The van der Waals surface area contributed by atoms with Crippen LogP contribution in [0.4, 0.5) is 4.39 Å². The fourth-order valence-electron chi connectivity index (χ4n) is 2.82. The summed E-state index contributed by atoms with van der Waals surface area (Å²) in [5, 5.41) is 0.616. The Morgan fingerprint density at radius 3 is 2.52 bits per heavy atom. The van der Waals surface area contributed by atoms with Crippen LogP contribution in [0.5, 0.6) is 0 Å². The molecule has 0 aliphatic rings. The second kappa shape index (κ2) is 6.21. The largest absolute Gasteiger partial charge is 0.361 e. The van der Waals surface area contributed by atoms with Gasteiger partial charge in [-0.1, -0.05) is 38.1 Å². The summed E-state index contributed by atoms with van der Waals surface area (Å²) in [4.78, 5) is 6.91. The van der Waals surface area contributed by atoms with Crippen molar-refractivity contribution in [2.24, 2.45) is 10.9 Å². The van der Waals surface area contributed by atoms with E-state index in [9.17, 15) is 4.39 Å².